The van der Waals surface area contributed by atoms with Crippen molar-refractivity contribution in [1.82, 2.24) is 10.6 Å². The minimum Gasteiger partial charge on any atom is -0.497 e. The zero-order chi connectivity index (χ0) is 22.1. The number of Topliss-reactive ketones (excluding diaryl/α,β-unsaturated/α-hetero) is 1. The summed E-state index contributed by atoms with van der Waals surface area (Å²) >= 11 is 0. The number of ketones is 1. The minimum absolute atomic E-state index is 0.0451. The van der Waals surface area contributed by atoms with E-state index in [9.17, 15) is 27.9 Å². The van der Waals surface area contributed by atoms with Gasteiger partial charge in [-0.1, -0.05) is 30.3 Å². The van der Waals surface area contributed by atoms with Gasteiger partial charge in [0, 0.05) is 11.1 Å². The van der Waals surface area contributed by atoms with Crippen LogP contribution >= 0.6 is 0 Å². The first-order valence-electron chi connectivity index (χ1n) is 8.81. The van der Waals surface area contributed by atoms with Crippen molar-refractivity contribution in [2.75, 3.05) is 14.2 Å². The zero-order valence-electron chi connectivity index (χ0n) is 16.0. The number of hydrogen-bond acceptors (Lipinski definition) is 5. The number of carbonyl (C=O) groups excluding carboxylic acids is 2. The lowest BCUT2D eigenvalue weighted by molar-refractivity contribution is -0.287. The van der Waals surface area contributed by atoms with Crippen LogP contribution < -0.4 is 20.1 Å². The van der Waals surface area contributed by atoms with E-state index in [4.69, 9.17) is 9.47 Å². The molecule has 0 aliphatic carbocycles. The second-order valence-corrected chi connectivity index (χ2v) is 6.66. The molecule has 1 fully saturated rings. The summed E-state index contributed by atoms with van der Waals surface area (Å²) in [5.74, 6) is -2.80. The lowest BCUT2D eigenvalue weighted by Crippen LogP contribution is -2.72. The molecule has 2 aromatic carbocycles. The third-order valence-corrected chi connectivity index (χ3v) is 4.92. The van der Waals surface area contributed by atoms with Crippen molar-refractivity contribution in [2.24, 2.45) is 5.92 Å². The van der Waals surface area contributed by atoms with Crippen molar-refractivity contribution in [1.29, 1.82) is 0 Å². The maximum Gasteiger partial charge on any atom is 0.437 e. The van der Waals surface area contributed by atoms with E-state index >= 15 is 0 Å². The molecule has 0 saturated carbocycles. The molecule has 0 aromatic heterocycles. The summed E-state index contributed by atoms with van der Waals surface area (Å²) in [7, 11) is 2.64. The van der Waals surface area contributed by atoms with Crippen molar-refractivity contribution in [2.45, 2.75) is 17.9 Å². The predicted octanol–water partition coefficient (Wildman–Crippen LogP) is 2.81. The van der Waals surface area contributed by atoms with Crippen LogP contribution in [0, 0.1) is 5.92 Å². The Hall–Kier alpha value is -3.27. The molecule has 2 amide bonds. The van der Waals surface area contributed by atoms with Crippen LogP contribution in [0.5, 0.6) is 11.5 Å². The number of aliphatic hydroxyl groups is 1. The fraction of sp³-hybridized carbons (Fsp3) is 0.300. The molecule has 0 spiro atoms. The monoisotopic (exact) mass is 424 g/mol. The van der Waals surface area contributed by atoms with Gasteiger partial charge in [0.1, 0.15) is 17.4 Å². The molecule has 10 heteroatoms. The Kier molecular flexibility index (Phi) is 5.62. The molecule has 3 rings (SSSR count). The van der Waals surface area contributed by atoms with E-state index in [1.165, 1.54) is 62.0 Å². The van der Waals surface area contributed by atoms with Crippen LogP contribution in [0.15, 0.2) is 48.5 Å². The number of alkyl halides is 3. The zero-order valence-corrected chi connectivity index (χ0v) is 16.0. The molecule has 7 nitrogen and oxygen atoms in total. The first-order chi connectivity index (χ1) is 14.1. The van der Waals surface area contributed by atoms with Crippen LogP contribution in [0.4, 0.5) is 18.0 Å². The SMILES string of the molecule is COc1ccc(OC)c([C@H]2NC(=O)N[C@](O)(C(F)(F)F)[C@@H]2C(=O)c2ccccc2)c1. The van der Waals surface area contributed by atoms with Gasteiger partial charge in [-0.15, -0.1) is 0 Å². The van der Waals surface area contributed by atoms with Gasteiger partial charge < -0.3 is 25.2 Å². The second kappa shape index (κ2) is 7.86. The summed E-state index contributed by atoms with van der Waals surface area (Å²) in [6.45, 7) is 0. The summed E-state index contributed by atoms with van der Waals surface area (Å²) in [6, 6.07) is 8.64. The Morgan fingerprint density at radius 1 is 1.10 bits per heavy atom. The number of ether oxygens (including phenoxy) is 2. The van der Waals surface area contributed by atoms with Crippen LogP contribution in [-0.4, -0.2) is 43.0 Å². The highest BCUT2D eigenvalue weighted by Crippen LogP contribution is 2.46. The van der Waals surface area contributed by atoms with Crippen molar-refractivity contribution < 1.29 is 37.3 Å². The van der Waals surface area contributed by atoms with Gasteiger partial charge in [0.15, 0.2) is 5.78 Å². The fourth-order valence-electron chi connectivity index (χ4n) is 3.46. The Bertz CT molecular complexity index is 951. The number of hydrogen-bond donors (Lipinski definition) is 3. The van der Waals surface area contributed by atoms with Crippen LogP contribution in [0.25, 0.3) is 0 Å². The standard InChI is InChI=1S/C20H19F3N2O5/c1-29-12-8-9-14(30-2)13(10-12)16-15(17(26)11-6-4-3-5-7-11)19(28,20(21,22)23)25-18(27)24-16/h3-10,15-16,28H,1-2H3,(H2,24,25,27)/t15-,16+,19+/m0/s1. The van der Waals surface area contributed by atoms with E-state index in [0.29, 0.717) is 0 Å². The molecule has 3 atom stereocenters. The Balaban J connectivity index is 2.23. The van der Waals surface area contributed by atoms with E-state index in [1.807, 2.05) is 0 Å². The van der Waals surface area contributed by atoms with Gasteiger partial charge in [-0.05, 0) is 18.2 Å². The summed E-state index contributed by atoms with van der Waals surface area (Å²) in [4.78, 5) is 25.3. The van der Waals surface area contributed by atoms with Crippen LogP contribution in [-0.2, 0) is 0 Å². The largest absolute Gasteiger partial charge is 0.497 e. The number of amides is 2. The highest BCUT2D eigenvalue weighted by Gasteiger charge is 2.66. The summed E-state index contributed by atoms with van der Waals surface area (Å²) < 4.78 is 52.2. The summed E-state index contributed by atoms with van der Waals surface area (Å²) in [5, 5.41) is 14.4. The van der Waals surface area contributed by atoms with E-state index < -0.39 is 35.7 Å². The molecule has 0 bridgehead atoms. The fourth-order valence-corrected chi connectivity index (χ4v) is 3.46. The molecule has 3 N–H and O–H groups in total. The number of urea groups is 1. The molecule has 1 aliphatic heterocycles. The smallest absolute Gasteiger partial charge is 0.437 e. The van der Waals surface area contributed by atoms with Gasteiger partial charge in [0.05, 0.1) is 20.3 Å². The number of rotatable bonds is 5. The summed E-state index contributed by atoms with van der Waals surface area (Å²) in [5.41, 5.74) is -3.83. The normalized spacial score (nSPS) is 23.9. The average molecular weight is 424 g/mol. The Morgan fingerprint density at radius 2 is 1.77 bits per heavy atom. The van der Waals surface area contributed by atoms with Crippen LogP contribution in [0.3, 0.4) is 0 Å². The number of methoxy groups -OCH3 is 2. The molecule has 30 heavy (non-hydrogen) atoms. The van der Waals surface area contributed by atoms with E-state index in [2.05, 4.69) is 5.32 Å². The molecule has 160 valence electrons. The highest BCUT2D eigenvalue weighted by molar-refractivity contribution is 6.00. The van der Waals surface area contributed by atoms with Gasteiger partial charge in [-0.25, -0.2) is 4.79 Å². The van der Waals surface area contributed by atoms with Crippen LogP contribution in [0.1, 0.15) is 22.0 Å². The number of nitrogens with one attached hydrogen (secondary N) is 2. The Morgan fingerprint density at radius 3 is 2.33 bits per heavy atom. The van der Waals surface area contributed by atoms with Crippen molar-refractivity contribution in [3.63, 3.8) is 0 Å². The van der Waals surface area contributed by atoms with Gasteiger partial charge in [0.2, 0.25) is 5.72 Å². The van der Waals surface area contributed by atoms with Crippen LogP contribution in [0.2, 0.25) is 0 Å². The van der Waals surface area contributed by atoms with E-state index in [-0.39, 0.29) is 22.6 Å². The van der Waals surface area contributed by atoms with Crippen molar-refractivity contribution >= 4 is 11.8 Å². The lowest BCUT2D eigenvalue weighted by Gasteiger charge is -2.45. The highest BCUT2D eigenvalue weighted by atomic mass is 19.4. The Labute approximate surface area is 169 Å². The van der Waals surface area contributed by atoms with Gasteiger partial charge in [0.25, 0.3) is 0 Å². The molecule has 1 heterocycles. The first-order valence-corrected chi connectivity index (χ1v) is 8.81. The van der Waals surface area contributed by atoms with Gasteiger partial charge in [-0.2, -0.15) is 13.2 Å². The maximum atomic E-state index is 13.9. The van der Waals surface area contributed by atoms with E-state index in [1.54, 1.807) is 6.07 Å². The average Bonchev–Trinajstić information content (AvgIpc) is 2.72. The number of carbonyl (C=O) groups is 2. The van der Waals surface area contributed by atoms with E-state index in [0.717, 1.165) is 0 Å². The molecule has 0 unspecified atom stereocenters. The maximum absolute atomic E-state index is 13.9. The summed E-state index contributed by atoms with van der Waals surface area (Å²) in [6.07, 6.45) is -5.34. The first kappa shape index (κ1) is 21.4. The number of halogens is 3. The van der Waals surface area contributed by atoms with Gasteiger partial charge in [-0.3, -0.25) is 4.79 Å². The third-order valence-electron chi connectivity index (χ3n) is 4.92. The molecule has 1 aliphatic rings. The number of benzene rings is 2. The second-order valence-electron chi connectivity index (χ2n) is 6.66. The molecule has 0 radical (unpaired) electrons. The lowest BCUT2D eigenvalue weighted by atomic mass is 9.77. The predicted molar refractivity (Wildman–Crippen MR) is 99.2 cm³/mol. The van der Waals surface area contributed by atoms with Crippen molar-refractivity contribution in [3.05, 3.63) is 59.7 Å². The quantitative estimate of drug-likeness (QED) is 0.642. The third kappa shape index (κ3) is 3.65. The van der Waals surface area contributed by atoms with Gasteiger partial charge >= 0.3 is 12.2 Å². The topological polar surface area (TPSA) is 96.9 Å². The van der Waals surface area contributed by atoms with Crippen molar-refractivity contribution in [3.8, 4) is 11.5 Å². The minimum atomic E-state index is -5.34. The molecular weight excluding hydrogens is 405 g/mol. The molecule has 1 saturated heterocycles. The molecular formula is C20H19F3N2O5. The molecule has 2 aromatic rings.